The monoisotopic (exact) mass is 280 g/mol. The van der Waals surface area contributed by atoms with Gasteiger partial charge in [0, 0.05) is 42.3 Å². The molecule has 0 unspecified atom stereocenters. The Balaban J connectivity index is 2.09. The van der Waals surface area contributed by atoms with Crippen LogP contribution in [-0.2, 0) is 4.79 Å². The van der Waals surface area contributed by atoms with Crippen LogP contribution in [-0.4, -0.2) is 32.3 Å². The smallest absolute Gasteiger partial charge is 0.222 e. The number of benzene rings is 1. The summed E-state index contributed by atoms with van der Waals surface area (Å²) in [5.74, 6) is 0.180. The normalized spacial score (nSPS) is 16.2. The summed E-state index contributed by atoms with van der Waals surface area (Å²) in [6, 6.07) is 5.33. The molecule has 0 aromatic heterocycles. The topological polar surface area (TPSA) is 49.4 Å². The zero-order valence-corrected chi connectivity index (χ0v) is 11.6. The molecule has 1 aliphatic heterocycles. The summed E-state index contributed by atoms with van der Waals surface area (Å²) in [5.41, 5.74) is 1.50. The van der Waals surface area contributed by atoms with Crippen molar-refractivity contribution in [1.29, 1.82) is 0 Å². The fourth-order valence-electron chi connectivity index (χ4n) is 2.49. The van der Waals surface area contributed by atoms with Crippen LogP contribution in [0.25, 0.3) is 0 Å². The van der Waals surface area contributed by atoms with E-state index in [1.807, 2.05) is 6.07 Å². The molecule has 4 nitrogen and oxygen atoms in total. The lowest BCUT2D eigenvalue weighted by Gasteiger charge is -2.33. The molecule has 1 fully saturated rings. The van der Waals surface area contributed by atoms with E-state index < -0.39 is 0 Å². The fraction of sp³-hybridized carbons (Fsp3) is 0.429. The first-order chi connectivity index (χ1) is 9.15. The summed E-state index contributed by atoms with van der Waals surface area (Å²) in [6.07, 6.45) is 2.44. The van der Waals surface area contributed by atoms with Gasteiger partial charge in [-0.15, -0.1) is 0 Å². The highest BCUT2D eigenvalue weighted by Crippen LogP contribution is 2.27. The lowest BCUT2D eigenvalue weighted by molar-refractivity contribution is -0.125. The predicted octanol–water partition coefficient (Wildman–Crippen LogP) is 2.11. The number of carbonyl (C=O) groups excluding carboxylic acids is 2. The molecule has 1 heterocycles. The first kappa shape index (κ1) is 13.9. The van der Waals surface area contributed by atoms with E-state index in [0.29, 0.717) is 10.6 Å². The van der Waals surface area contributed by atoms with Crippen molar-refractivity contribution in [2.75, 3.05) is 25.0 Å². The van der Waals surface area contributed by atoms with Crippen molar-refractivity contribution in [1.82, 2.24) is 5.32 Å². The molecule has 102 valence electrons. The van der Waals surface area contributed by atoms with Gasteiger partial charge in [0.05, 0.1) is 0 Å². The van der Waals surface area contributed by atoms with Crippen molar-refractivity contribution in [2.45, 2.75) is 12.8 Å². The summed E-state index contributed by atoms with van der Waals surface area (Å²) in [7, 11) is 1.67. The Bertz CT molecular complexity index is 482. The Morgan fingerprint density at radius 2 is 2.11 bits per heavy atom. The van der Waals surface area contributed by atoms with Gasteiger partial charge in [-0.25, -0.2) is 0 Å². The molecular formula is C14H17ClN2O2. The van der Waals surface area contributed by atoms with E-state index in [-0.39, 0.29) is 11.8 Å². The molecule has 1 aliphatic rings. The molecule has 0 bridgehead atoms. The maximum absolute atomic E-state index is 11.6. The molecule has 1 aromatic rings. The second kappa shape index (κ2) is 6.06. The van der Waals surface area contributed by atoms with Crippen LogP contribution in [0.3, 0.4) is 0 Å². The highest BCUT2D eigenvalue weighted by atomic mass is 35.5. The molecule has 0 radical (unpaired) electrons. The Morgan fingerprint density at radius 1 is 1.42 bits per heavy atom. The number of anilines is 1. The van der Waals surface area contributed by atoms with Crippen LogP contribution in [0.4, 0.5) is 5.69 Å². The van der Waals surface area contributed by atoms with Gasteiger partial charge < -0.3 is 10.2 Å². The van der Waals surface area contributed by atoms with E-state index >= 15 is 0 Å². The number of amides is 1. The van der Waals surface area contributed by atoms with E-state index in [0.717, 1.165) is 37.9 Å². The molecule has 0 atom stereocenters. The van der Waals surface area contributed by atoms with Crippen LogP contribution in [0.1, 0.15) is 23.2 Å². The lowest BCUT2D eigenvalue weighted by Crippen LogP contribution is -2.39. The maximum atomic E-state index is 11.6. The first-order valence-electron chi connectivity index (χ1n) is 6.37. The summed E-state index contributed by atoms with van der Waals surface area (Å²) >= 11 is 5.89. The number of hydrogen-bond donors (Lipinski definition) is 1. The van der Waals surface area contributed by atoms with Gasteiger partial charge in [-0.05, 0) is 31.0 Å². The van der Waals surface area contributed by atoms with Crippen molar-refractivity contribution >= 4 is 29.5 Å². The molecule has 0 spiro atoms. The third-order valence-electron chi connectivity index (χ3n) is 3.57. The Kier molecular flexibility index (Phi) is 4.43. The number of nitrogens with one attached hydrogen (secondary N) is 1. The summed E-state index contributed by atoms with van der Waals surface area (Å²) in [5, 5.41) is 3.25. The first-order valence-corrected chi connectivity index (χ1v) is 6.74. The highest BCUT2D eigenvalue weighted by Gasteiger charge is 2.25. The summed E-state index contributed by atoms with van der Waals surface area (Å²) in [4.78, 5) is 24.8. The van der Waals surface area contributed by atoms with Crippen LogP contribution < -0.4 is 10.2 Å². The van der Waals surface area contributed by atoms with Crippen molar-refractivity contribution < 1.29 is 9.59 Å². The summed E-state index contributed by atoms with van der Waals surface area (Å²) in [6.45, 7) is 1.56. The number of carbonyl (C=O) groups is 2. The lowest BCUT2D eigenvalue weighted by atomic mass is 9.95. The molecule has 1 aromatic carbocycles. The predicted molar refractivity (Wildman–Crippen MR) is 75.8 cm³/mol. The van der Waals surface area contributed by atoms with Crippen molar-refractivity contribution in [2.24, 2.45) is 5.92 Å². The Labute approximate surface area is 117 Å². The second-order valence-corrected chi connectivity index (χ2v) is 5.13. The minimum absolute atomic E-state index is 0.0771. The van der Waals surface area contributed by atoms with Gasteiger partial charge >= 0.3 is 0 Å². The minimum Gasteiger partial charge on any atom is -0.371 e. The van der Waals surface area contributed by atoms with Crippen LogP contribution >= 0.6 is 11.6 Å². The van der Waals surface area contributed by atoms with Crippen molar-refractivity contribution in [3.63, 3.8) is 0 Å². The van der Waals surface area contributed by atoms with Gasteiger partial charge in [-0.2, -0.15) is 0 Å². The molecule has 1 N–H and O–H groups in total. The van der Waals surface area contributed by atoms with Gasteiger partial charge in [-0.1, -0.05) is 11.6 Å². The Morgan fingerprint density at radius 3 is 2.68 bits per heavy atom. The zero-order valence-electron chi connectivity index (χ0n) is 10.9. The minimum atomic E-state index is 0.0771. The van der Waals surface area contributed by atoms with E-state index in [1.165, 1.54) is 0 Å². The third-order valence-corrected chi connectivity index (χ3v) is 3.80. The number of nitrogens with zero attached hydrogens (tertiary/aromatic N) is 1. The number of piperidine rings is 1. The molecule has 2 rings (SSSR count). The molecule has 1 saturated heterocycles. The molecular weight excluding hydrogens is 264 g/mol. The average molecular weight is 281 g/mol. The SMILES string of the molecule is CNC(=O)C1CCN(c2ccc(Cl)cc2C=O)CC1. The summed E-state index contributed by atoms with van der Waals surface area (Å²) < 4.78 is 0. The number of rotatable bonds is 3. The second-order valence-electron chi connectivity index (χ2n) is 4.70. The zero-order chi connectivity index (χ0) is 13.8. The van der Waals surface area contributed by atoms with Gasteiger partial charge in [0.25, 0.3) is 0 Å². The van der Waals surface area contributed by atoms with Gasteiger partial charge in [-0.3, -0.25) is 9.59 Å². The Hall–Kier alpha value is -1.55. The number of hydrogen-bond acceptors (Lipinski definition) is 3. The van der Waals surface area contributed by atoms with Gasteiger partial charge in [0.2, 0.25) is 5.91 Å². The van der Waals surface area contributed by atoms with E-state index in [4.69, 9.17) is 11.6 Å². The molecule has 0 aliphatic carbocycles. The fourth-order valence-corrected chi connectivity index (χ4v) is 2.68. The number of aldehydes is 1. The maximum Gasteiger partial charge on any atom is 0.222 e. The van der Waals surface area contributed by atoms with Crippen molar-refractivity contribution in [3.8, 4) is 0 Å². The largest absolute Gasteiger partial charge is 0.371 e. The van der Waals surface area contributed by atoms with Gasteiger partial charge in [0.15, 0.2) is 6.29 Å². The third kappa shape index (κ3) is 3.07. The van der Waals surface area contributed by atoms with E-state index in [2.05, 4.69) is 10.2 Å². The highest BCUT2D eigenvalue weighted by molar-refractivity contribution is 6.31. The molecule has 0 saturated carbocycles. The van der Waals surface area contributed by atoms with Gasteiger partial charge in [0.1, 0.15) is 0 Å². The molecule has 5 heteroatoms. The van der Waals surface area contributed by atoms with E-state index in [9.17, 15) is 9.59 Å². The standard InChI is InChI=1S/C14H17ClN2O2/c1-16-14(19)10-4-6-17(7-5-10)13-3-2-12(15)8-11(13)9-18/h2-3,8-10H,4-7H2,1H3,(H,16,19). The number of halogens is 1. The molecule has 1 amide bonds. The average Bonchev–Trinajstić information content (AvgIpc) is 2.46. The van der Waals surface area contributed by atoms with Crippen molar-refractivity contribution in [3.05, 3.63) is 28.8 Å². The van der Waals surface area contributed by atoms with E-state index in [1.54, 1.807) is 19.2 Å². The van der Waals surface area contributed by atoms with Crippen LogP contribution in [0, 0.1) is 5.92 Å². The van der Waals surface area contributed by atoms with Crippen LogP contribution in [0.2, 0.25) is 5.02 Å². The quantitative estimate of drug-likeness (QED) is 0.863. The van der Waals surface area contributed by atoms with Crippen LogP contribution in [0.15, 0.2) is 18.2 Å². The molecule has 19 heavy (non-hydrogen) atoms. The van der Waals surface area contributed by atoms with Crippen LogP contribution in [0.5, 0.6) is 0 Å².